The molecule has 1 aliphatic carbocycles. The molecule has 0 saturated heterocycles. The largest absolute Gasteiger partial charge is 0.389 e. The minimum atomic E-state index is -2.66. The van der Waals surface area contributed by atoms with Gasteiger partial charge in [-0.15, -0.1) is 0 Å². The molecule has 1 fully saturated rings. The molecule has 1 aliphatic rings. The van der Waals surface area contributed by atoms with Crippen molar-refractivity contribution in [1.82, 2.24) is 9.97 Å². The Morgan fingerprint density at radius 3 is 2.64 bits per heavy atom. The number of aromatic nitrogens is 2. The molecule has 1 heterocycles. The van der Waals surface area contributed by atoms with E-state index in [4.69, 9.17) is 5.41 Å². The fourth-order valence-electron chi connectivity index (χ4n) is 2.56. The molecule has 0 unspecified atom stereocenters. The molecule has 5 N–H and O–H groups in total. The van der Waals surface area contributed by atoms with Gasteiger partial charge in [0.15, 0.2) is 0 Å². The van der Waals surface area contributed by atoms with Gasteiger partial charge in [0.25, 0.3) is 6.43 Å². The maximum absolute atomic E-state index is 13.2. The predicted octanol–water partition coefficient (Wildman–Crippen LogP) is 3.91. The van der Waals surface area contributed by atoms with Gasteiger partial charge in [0, 0.05) is 36.2 Å². The Morgan fingerprint density at radius 1 is 1.32 bits per heavy atom. The number of hydrogen-bond acceptors (Lipinski definition) is 7. The summed E-state index contributed by atoms with van der Waals surface area (Å²) in [4.78, 5) is 8.21. The minimum Gasteiger partial charge on any atom is -0.389 e. The number of nitrogens with one attached hydrogen (secondary N) is 4. The fourth-order valence-corrected chi connectivity index (χ4v) is 2.56. The van der Waals surface area contributed by atoms with Crippen LogP contribution in [-0.4, -0.2) is 39.5 Å². The number of rotatable bonds is 9. The highest BCUT2D eigenvalue weighted by atomic mass is 19.3. The quantitative estimate of drug-likeness (QED) is 0.416. The average molecular weight is 390 g/mol. The summed E-state index contributed by atoms with van der Waals surface area (Å²) in [6.45, 7) is 3.66. The normalized spacial score (nSPS) is 14.1. The molecular formula is C19H24F2N6O. The molecule has 0 atom stereocenters. The van der Waals surface area contributed by atoms with E-state index in [1.807, 2.05) is 0 Å². The Labute approximate surface area is 162 Å². The second-order valence-electron chi connectivity index (χ2n) is 7.42. The summed E-state index contributed by atoms with van der Waals surface area (Å²) < 4.78 is 26.4. The number of halogens is 2. The van der Waals surface area contributed by atoms with Gasteiger partial charge in [-0.1, -0.05) is 6.07 Å². The van der Waals surface area contributed by atoms with E-state index in [2.05, 4.69) is 25.9 Å². The Bertz CT molecular complexity index is 849. The molecular weight excluding hydrogens is 366 g/mol. The summed E-state index contributed by atoms with van der Waals surface area (Å²) in [6, 6.07) is 5.48. The summed E-state index contributed by atoms with van der Waals surface area (Å²) in [5.74, 6) is 0.290. The molecule has 150 valence electrons. The zero-order valence-corrected chi connectivity index (χ0v) is 15.8. The molecule has 0 amide bonds. The van der Waals surface area contributed by atoms with Crippen LogP contribution in [-0.2, 0) is 0 Å². The van der Waals surface area contributed by atoms with Gasteiger partial charge >= 0.3 is 0 Å². The van der Waals surface area contributed by atoms with E-state index in [-0.39, 0.29) is 23.4 Å². The first kappa shape index (κ1) is 19.9. The molecule has 1 aromatic carbocycles. The van der Waals surface area contributed by atoms with Crippen molar-refractivity contribution in [3.05, 3.63) is 35.5 Å². The van der Waals surface area contributed by atoms with Crippen LogP contribution in [0.2, 0.25) is 0 Å². The highest BCUT2D eigenvalue weighted by Gasteiger charge is 2.25. The van der Waals surface area contributed by atoms with Crippen molar-refractivity contribution in [2.75, 3.05) is 22.5 Å². The van der Waals surface area contributed by atoms with E-state index in [1.165, 1.54) is 6.21 Å². The monoisotopic (exact) mass is 390 g/mol. The van der Waals surface area contributed by atoms with Gasteiger partial charge < -0.3 is 26.5 Å². The van der Waals surface area contributed by atoms with Crippen molar-refractivity contribution in [2.24, 2.45) is 0 Å². The van der Waals surface area contributed by atoms with E-state index in [1.54, 1.807) is 32.0 Å². The van der Waals surface area contributed by atoms with Crippen LogP contribution in [0.4, 0.5) is 31.9 Å². The van der Waals surface area contributed by atoms with E-state index in [9.17, 15) is 13.9 Å². The van der Waals surface area contributed by atoms with E-state index >= 15 is 0 Å². The van der Waals surface area contributed by atoms with Crippen molar-refractivity contribution >= 4 is 29.4 Å². The van der Waals surface area contributed by atoms with E-state index < -0.39 is 12.0 Å². The van der Waals surface area contributed by atoms with Crippen LogP contribution in [0, 0.1) is 5.41 Å². The number of nitrogens with zero attached hydrogens (tertiary/aromatic N) is 2. The standard InChI is InChI=1S/C19H24F2N6O/c1-19(2,28)10-24-14-4-3-5-15(12(14)8-22)26-18-23-9-13(16(20)21)17(27-18)25-11-6-7-11/h3-5,8-9,11,16,22,24,28H,6-7,10H2,1-2H3,(H2,23,25,26,27). The van der Waals surface area contributed by atoms with Gasteiger partial charge in [0.05, 0.1) is 16.9 Å². The molecule has 3 rings (SSSR count). The van der Waals surface area contributed by atoms with Crippen LogP contribution in [0.1, 0.15) is 44.2 Å². The highest BCUT2D eigenvalue weighted by Crippen LogP contribution is 2.32. The lowest BCUT2D eigenvalue weighted by molar-refractivity contribution is 0.0945. The summed E-state index contributed by atoms with van der Waals surface area (Å²) in [6.07, 6.45) is 1.49. The first-order chi connectivity index (χ1) is 13.3. The lowest BCUT2D eigenvalue weighted by Gasteiger charge is -2.20. The minimum absolute atomic E-state index is 0.128. The van der Waals surface area contributed by atoms with Crippen LogP contribution < -0.4 is 16.0 Å². The molecule has 0 bridgehead atoms. The van der Waals surface area contributed by atoms with Gasteiger partial charge in [-0.2, -0.15) is 4.98 Å². The van der Waals surface area contributed by atoms with Crippen LogP contribution in [0.3, 0.4) is 0 Å². The third kappa shape index (κ3) is 5.13. The van der Waals surface area contributed by atoms with Crippen molar-refractivity contribution in [3.63, 3.8) is 0 Å². The molecule has 9 heteroatoms. The summed E-state index contributed by atoms with van der Waals surface area (Å²) in [7, 11) is 0. The average Bonchev–Trinajstić information content (AvgIpc) is 3.43. The maximum Gasteiger partial charge on any atom is 0.268 e. The third-order valence-corrected chi connectivity index (χ3v) is 4.18. The number of aliphatic hydroxyl groups is 1. The first-order valence-corrected chi connectivity index (χ1v) is 9.05. The molecule has 1 aromatic heterocycles. The second-order valence-corrected chi connectivity index (χ2v) is 7.42. The molecule has 7 nitrogen and oxygen atoms in total. The Kier molecular flexibility index (Phi) is 5.73. The SMILES string of the molecule is CC(C)(O)CNc1cccc(Nc2ncc(C(F)F)c(NC3CC3)n2)c1C=N. The van der Waals surface area contributed by atoms with E-state index in [0.717, 1.165) is 19.0 Å². The lowest BCUT2D eigenvalue weighted by atomic mass is 10.1. The smallest absolute Gasteiger partial charge is 0.268 e. The Hall–Kier alpha value is -2.81. The van der Waals surface area contributed by atoms with Crippen LogP contribution in [0.5, 0.6) is 0 Å². The van der Waals surface area contributed by atoms with Gasteiger partial charge in [-0.25, -0.2) is 13.8 Å². The zero-order valence-electron chi connectivity index (χ0n) is 15.8. The van der Waals surface area contributed by atoms with Crippen molar-refractivity contribution < 1.29 is 13.9 Å². The van der Waals surface area contributed by atoms with Gasteiger partial charge in [-0.3, -0.25) is 0 Å². The Morgan fingerprint density at radius 2 is 2.04 bits per heavy atom. The first-order valence-electron chi connectivity index (χ1n) is 9.05. The number of alkyl halides is 2. The lowest BCUT2D eigenvalue weighted by Crippen LogP contribution is -2.29. The van der Waals surface area contributed by atoms with Crippen LogP contribution >= 0.6 is 0 Å². The van der Waals surface area contributed by atoms with Crippen LogP contribution in [0.25, 0.3) is 0 Å². The maximum atomic E-state index is 13.2. The third-order valence-electron chi connectivity index (χ3n) is 4.18. The molecule has 0 radical (unpaired) electrons. The second kappa shape index (κ2) is 8.05. The molecule has 2 aromatic rings. The van der Waals surface area contributed by atoms with Crippen molar-refractivity contribution in [1.29, 1.82) is 5.41 Å². The highest BCUT2D eigenvalue weighted by molar-refractivity contribution is 5.94. The van der Waals surface area contributed by atoms with Crippen molar-refractivity contribution in [2.45, 2.75) is 44.8 Å². The fraction of sp³-hybridized carbons (Fsp3) is 0.421. The molecule has 0 aliphatic heterocycles. The topological polar surface area (TPSA) is 106 Å². The van der Waals surface area contributed by atoms with Gasteiger partial charge in [-0.05, 0) is 38.8 Å². The van der Waals surface area contributed by atoms with Gasteiger partial charge in [0.2, 0.25) is 5.95 Å². The van der Waals surface area contributed by atoms with Crippen LogP contribution in [0.15, 0.2) is 24.4 Å². The zero-order chi connectivity index (χ0) is 20.3. The Balaban J connectivity index is 1.85. The summed E-state index contributed by atoms with van der Waals surface area (Å²) in [5.41, 5.74) is 0.608. The molecule has 28 heavy (non-hydrogen) atoms. The molecule has 0 spiro atoms. The van der Waals surface area contributed by atoms with Crippen molar-refractivity contribution in [3.8, 4) is 0 Å². The van der Waals surface area contributed by atoms with Gasteiger partial charge in [0.1, 0.15) is 5.82 Å². The number of hydrogen-bond donors (Lipinski definition) is 5. The predicted molar refractivity (Wildman–Crippen MR) is 106 cm³/mol. The number of anilines is 4. The summed E-state index contributed by atoms with van der Waals surface area (Å²) in [5, 5.41) is 26.8. The summed E-state index contributed by atoms with van der Waals surface area (Å²) >= 11 is 0. The van der Waals surface area contributed by atoms with E-state index in [0.29, 0.717) is 23.5 Å². The number of benzene rings is 1. The molecule has 1 saturated carbocycles.